The number of rotatable bonds is 3. The second-order valence-electron chi connectivity index (χ2n) is 7.02. The van der Waals surface area contributed by atoms with Crippen LogP contribution in [0.2, 0.25) is 0 Å². The van der Waals surface area contributed by atoms with Crippen LogP contribution in [0.3, 0.4) is 0 Å². The van der Waals surface area contributed by atoms with Crippen molar-refractivity contribution in [2.45, 2.75) is 18.7 Å². The van der Waals surface area contributed by atoms with Crippen molar-refractivity contribution in [1.82, 2.24) is 0 Å². The van der Waals surface area contributed by atoms with Gasteiger partial charge in [0.05, 0.1) is 5.75 Å². The highest BCUT2D eigenvalue weighted by atomic mass is 32.2. The Labute approximate surface area is 141 Å². The summed E-state index contributed by atoms with van der Waals surface area (Å²) < 4.78 is 34.1. The molecule has 2 fully saturated rings. The number of quaternary nitrogens is 2. The molecule has 0 amide bonds. The summed E-state index contributed by atoms with van der Waals surface area (Å²) in [5.74, 6) is 1.67. The lowest BCUT2D eigenvalue weighted by Gasteiger charge is -2.33. The van der Waals surface area contributed by atoms with Crippen molar-refractivity contribution in [2.24, 2.45) is 0 Å². The van der Waals surface area contributed by atoms with Gasteiger partial charge in [-0.1, -0.05) is 0 Å². The Morgan fingerprint density at radius 1 is 1.08 bits per heavy atom. The lowest BCUT2D eigenvalue weighted by Crippen LogP contribution is -3.29. The minimum Gasteiger partial charge on any atom is -0.454 e. The molecular weight excluding hydrogens is 332 g/mol. The number of nitrogens with one attached hydrogen (secondary N) is 2. The quantitative estimate of drug-likeness (QED) is 0.533. The van der Waals surface area contributed by atoms with Crippen molar-refractivity contribution in [2.75, 3.05) is 44.5 Å². The van der Waals surface area contributed by atoms with Crippen molar-refractivity contribution in [1.29, 1.82) is 0 Å². The smallest absolute Gasteiger partial charge is 0.231 e. The number of hydrogen-bond acceptors (Lipinski definition) is 5. The van der Waals surface area contributed by atoms with E-state index in [0.29, 0.717) is 6.79 Å². The second-order valence-corrected chi connectivity index (χ2v) is 9.18. The first kappa shape index (κ1) is 16.1. The molecule has 0 radical (unpaired) electrons. The molecule has 7 nitrogen and oxygen atoms in total. The van der Waals surface area contributed by atoms with Gasteiger partial charge in [0.1, 0.15) is 50.6 Å². The van der Waals surface area contributed by atoms with E-state index in [2.05, 4.69) is 6.07 Å². The van der Waals surface area contributed by atoms with Crippen LogP contribution in [0.1, 0.15) is 5.56 Å². The molecule has 0 spiro atoms. The normalized spacial score (nSPS) is 34.4. The average molecular weight is 356 g/mol. The van der Waals surface area contributed by atoms with Crippen LogP contribution in [0, 0.1) is 0 Å². The molecule has 3 aliphatic rings. The summed E-state index contributed by atoms with van der Waals surface area (Å²) in [4.78, 5) is 2.71. The molecule has 3 heterocycles. The van der Waals surface area contributed by atoms with E-state index < -0.39 is 15.9 Å². The highest BCUT2D eigenvalue weighted by Gasteiger charge is 2.44. The zero-order chi connectivity index (χ0) is 16.7. The van der Waals surface area contributed by atoms with E-state index in [0.717, 1.165) is 44.2 Å². The van der Waals surface area contributed by atoms with Crippen LogP contribution in [-0.2, 0) is 16.4 Å². The van der Waals surface area contributed by atoms with Gasteiger partial charge in [-0.05, 0) is 18.2 Å². The molecule has 0 saturated carbocycles. The van der Waals surface area contributed by atoms with Crippen LogP contribution >= 0.6 is 0 Å². The molecule has 2 saturated heterocycles. The minimum absolute atomic E-state index is 0.0745. The van der Waals surface area contributed by atoms with Gasteiger partial charge >= 0.3 is 0 Å². The third-order valence-electron chi connectivity index (χ3n) is 5.34. The van der Waals surface area contributed by atoms with E-state index in [9.17, 15) is 13.5 Å². The fraction of sp³-hybridized carbons (Fsp3) is 0.625. The average Bonchev–Trinajstić information content (AvgIpc) is 3.11. The van der Waals surface area contributed by atoms with E-state index in [1.807, 2.05) is 12.1 Å². The highest BCUT2D eigenvalue weighted by Crippen LogP contribution is 2.32. The molecule has 2 atom stereocenters. The van der Waals surface area contributed by atoms with Crippen LogP contribution in [-0.4, -0.2) is 70.1 Å². The molecule has 3 N–H and O–H groups in total. The number of hydrogen-bond donors (Lipinski definition) is 3. The molecular formula is C16H24N2O5S+2. The molecule has 3 aliphatic heterocycles. The van der Waals surface area contributed by atoms with Gasteiger partial charge < -0.3 is 24.4 Å². The first-order valence-electron chi connectivity index (χ1n) is 8.45. The maximum absolute atomic E-state index is 11.7. The number of sulfone groups is 1. The van der Waals surface area contributed by atoms with Crippen LogP contribution in [0.25, 0.3) is 0 Å². The number of fused-ring (bicyclic) bond motifs is 1. The summed E-state index contributed by atoms with van der Waals surface area (Å²) >= 11 is 0. The maximum atomic E-state index is 11.7. The summed E-state index contributed by atoms with van der Waals surface area (Å²) in [7, 11) is -3.07. The second kappa shape index (κ2) is 6.18. The van der Waals surface area contributed by atoms with Crippen molar-refractivity contribution >= 4 is 9.84 Å². The van der Waals surface area contributed by atoms with Crippen LogP contribution in [0.4, 0.5) is 0 Å². The largest absolute Gasteiger partial charge is 0.454 e. The Kier molecular flexibility index (Phi) is 4.16. The van der Waals surface area contributed by atoms with Gasteiger partial charge in [0.25, 0.3) is 0 Å². The molecule has 24 heavy (non-hydrogen) atoms. The summed E-state index contributed by atoms with van der Waals surface area (Å²) in [6.45, 7) is 4.98. The first-order chi connectivity index (χ1) is 11.5. The Balaban J connectivity index is 1.33. The lowest BCUT2D eigenvalue weighted by molar-refractivity contribution is -1.03. The zero-order valence-electron chi connectivity index (χ0n) is 13.5. The third-order valence-corrected chi connectivity index (χ3v) is 7.05. The molecule has 8 heteroatoms. The van der Waals surface area contributed by atoms with Gasteiger partial charge in [-0.3, -0.25) is 0 Å². The maximum Gasteiger partial charge on any atom is 0.231 e. The lowest BCUT2D eigenvalue weighted by atomic mass is 10.1. The van der Waals surface area contributed by atoms with Crippen LogP contribution in [0.15, 0.2) is 18.2 Å². The van der Waals surface area contributed by atoms with Crippen molar-refractivity contribution < 1.29 is 32.8 Å². The fourth-order valence-corrected chi connectivity index (χ4v) is 5.92. The Hall–Kier alpha value is -1.35. The van der Waals surface area contributed by atoms with Gasteiger partial charge in [-0.2, -0.15) is 0 Å². The number of aliphatic hydroxyl groups excluding tert-OH is 1. The highest BCUT2D eigenvalue weighted by molar-refractivity contribution is 7.91. The molecule has 0 bridgehead atoms. The summed E-state index contributed by atoms with van der Waals surface area (Å²) in [6.07, 6.45) is -0.708. The van der Waals surface area contributed by atoms with Gasteiger partial charge in [0, 0.05) is 5.56 Å². The van der Waals surface area contributed by atoms with Crippen LogP contribution in [0.5, 0.6) is 11.5 Å². The van der Waals surface area contributed by atoms with Crippen molar-refractivity contribution in [3.05, 3.63) is 23.8 Å². The molecule has 0 aromatic heterocycles. The van der Waals surface area contributed by atoms with Crippen LogP contribution < -0.4 is 19.3 Å². The summed E-state index contributed by atoms with van der Waals surface area (Å²) in [5, 5.41) is 10.0. The summed E-state index contributed by atoms with van der Waals surface area (Å²) in [5.41, 5.74) is 1.22. The predicted molar refractivity (Wildman–Crippen MR) is 86.1 cm³/mol. The standard InChI is InChI=1S/C16H22N2O5S/c19-14-10-24(20,21)9-13(14)18-5-3-17(4-6-18)8-12-1-2-15-16(7-12)23-11-22-15/h1-2,7,13-14,19H,3-6,8-11H2/p+2/t13-,14-/m0/s1. The number of ether oxygens (including phenoxy) is 2. The third kappa shape index (κ3) is 3.23. The van der Waals surface area contributed by atoms with E-state index in [1.54, 1.807) is 0 Å². The fourth-order valence-electron chi connectivity index (χ4n) is 4.03. The minimum atomic E-state index is -3.07. The van der Waals surface area contributed by atoms with E-state index in [1.165, 1.54) is 15.4 Å². The molecule has 4 rings (SSSR count). The molecule has 1 aromatic rings. The van der Waals surface area contributed by atoms with Gasteiger partial charge in [0.15, 0.2) is 21.3 Å². The van der Waals surface area contributed by atoms with E-state index >= 15 is 0 Å². The predicted octanol–water partition coefficient (Wildman–Crippen LogP) is -3.14. The number of aliphatic hydroxyl groups is 1. The zero-order valence-corrected chi connectivity index (χ0v) is 14.3. The molecule has 0 unspecified atom stereocenters. The Morgan fingerprint density at radius 3 is 2.54 bits per heavy atom. The van der Waals surface area contributed by atoms with E-state index in [4.69, 9.17) is 9.47 Å². The van der Waals surface area contributed by atoms with Crippen molar-refractivity contribution in [3.8, 4) is 11.5 Å². The van der Waals surface area contributed by atoms with Crippen molar-refractivity contribution in [3.63, 3.8) is 0 Å². The summed E-state index contributed by atoms with van der Waals surface area (Å²) in [6, 6.07) is 5.93. The van der Waals surface area contributed by atoms with Gasteiger partial charge in [-0.15, -0.1) is 0 Å². The monoisotopic (exact) mass is 356 g/mol. The first-order valence-corrected chi connectivity index (χ1v) is 10.3. The molecule has 1 aromatic carbocycles. The molecule has 132 valence electrons. The topological polar surface area (TPSA) is 81.7 Å². The van der Waals surface area contributed by atoms with Gasteiger partial charge in [-0.25, -0.2) is 8.42 Å². The number of piperazine rings is 1. The molecule has 0 aliphatic carbocycles. The number of benzene rings is 1. The van der Waals surface area contributed by atoms with E-state index in [-0.39, 0.29) is 17.5 Å². The SMILES string of the molecule is O=S1(=O)C[C@H](O)[C@@H]([NH+]2CC[NH+](Cc3ccc4c(c3)OCO4)CC2)C1. The van der Waals surface area contributed by atoms with Gasteiger partial charge in [0.2, 0.25) is 6.79 Å². The Morgan fingerprint density at radius 2 is 1.83 bits per heavy atom. The Bertz CT molecular complexity index is 715.